The van der Waals surface area contributed by atoms with Crippen molar-refractivity contribution in [1.29, 1.82) is 0 Å². The molecule has 0 aliphatic rings. The summed E-state index contributed by atoms with van der Waals surface area (Å²) in [6, 6.07) is 5.20. The molecule has 0 fully saturated rings. The van der Waals surface area contributed by atoms with Crippen LogP contribution in [0.15, 0.2) is 29.5 Å². The summed E-state index contributed by atoms with van der Waals surface area (Å²) in [5, 5.41) is 14.5. The van der Waals surface area contributed by atoms with E-state index in [1.165, 1.54) is 0 Å². The van der Waals surface area contributed by atoms with Crippen LogP contribution in [0, 0.1) is 12.7 Å². The van der Waals surface area contributed by atoms with E-state index >= 15 is 0 Å². The molecule has 0 saturated carbocycles. The highest BCUT2D eigenvalue weighted by atomic mass is 19.1. The van der Waals surface area contributed by atoms with Gasteiger partial charge in [-0.25, -0.2) is 9.38 Å². The average Bonchev–Trinajstić information content (AvgIpc) is 3.02. The summed E-state index contributed by atoms with van der Waals surface area (Å²) in [6.07, 6.45) is 1.70. The van der Waals surface area contributed by atoms with Gasteiger partial charge in [0, 0.05) is 13.1 Å². The van der Waals surface area contributed by atoms with Crippen LogP contribution in [0.3, 0.4) is 0 Å². The molecule has 24 heavy (non-hydrogen) atoms. The van der Waals surface area contributed by atoms with Crippen LogP contribution in [0.1, 0.15) is 43.8 Å². The number of nitrogens with one attached hydrogen (secondary N) is 2. The molecule has 1 aromatic carbocycles. The van der Waals surface area contributed by atoms with Crippen molar-refractivity contribution in [3.8, 4) is 0 Å². The van der Waals surface area contributed by atoms with Crippen molar-refractivity contribution in [3.63, 3.8) is 0 Å². The van der Waals surface area contributed by atoms with Gasteiger partial charge in [-0.2, -0.15) is 0 Å². The van der Waals surface area contributed by atoms with Crippen molar-refractivity contribution in [2.75, 3.05) is 6.54 Å². The van der Waals surface area contributed by atoms with Crippen LogP contribution in [0.25, 0.3) is 0 Å². The Labute approximate surface area is 142 Å². The molecule has 0 radical (unpaired) electrons. The first kappa shape index (κ1) is 17.9. The maximum Gasteiger partial charge on any atom is 0.192 e. The molecule has 130 valence electrons. The minimum absolute atomic E-state index is 0.0676. The van der Waals surface area contributed by atoms with Crippen LogP contribution in [-0.4, -0.2) is 27.3 Å². The monoisotopic (exact) mass is 332 g/mol. The van der Waals surface area contributed by atoms with Gasteiger partial charge in [0.1, 0.15) is 18.7 Å². The summed E-state index contributed by atoms with van der Waals surface area (Å²) in [4.78, 5) is 4.55. The standard InChI is InChI=1S/C17H25FN6/c1-5-19-17(20-10-16-23-21-11-24(16)6-2)22-13(4)14-8-7-12(3)15(18)9-14/h7-9,11,13H,5-6,10H2,1-4H3,(H2,19,20,22). The molecule has 1 atom stereocenters. The fourth-order valence-electron chi connectivity index (χ4n) is 2.30. The lowest BCUT2D eigenvalue weighted by Gasteiger charge is -2.18. The van der Waals surface area contributed by atoms with Crippen LogP contribution in [0.4, 0.5) is 4.39 Å². The number of aromatic nitrogens is 3. The van der Waals surface area contributed by atoms with Crippen molar-refractivity contribution < 1.29 is 4.39 Å². The van der Waals surface area contributed by atoms with Gasteiger partial charge in [-0.15, -0.1) is 10.2 Å². The fourth-order valence-corrected chi connectivity index (χ4v) is 2.30. The van der Waals surface area contributed by atoms with Gasteiger partial charge in [0.25, 0.3) is 0 Å². The van der Waals surface area contributed by atoms with Gasteiger partial charge in [0.15, 0.2) is 11.8 Å². The second-order valence-electron chi connectivity index (χ2n) is 5.60. The molecule has 2 N–H and O–H groups in total. The highest BCUT2D eigenvalue weighted by Crippen LogP contribution is 2.16. The van der Waals surface area contributed by atoms with E-state index in [1.807, 2.05) is 31.4 Å². The number of benzene rings is 1. The van der Waals surface area contributed by atoms with Gasteiger partial charge < -0.3 is 15.2 Å². The molecule has 1 heterocycles. The van der Waals surface area contributed by atoms with Crippen molar-refractivity contribution in [1.82, 2.24) is 25.4 Å². The first-order valence-electron chi connectivity index (χ1n) is 8.22. The maximum atomic E-state index is 13.8. The van der Waals surface area contributed by atoms with E-state index in [2.05, 4.69) is 25.8 Å². The van der Waals surface area contributed by atoms with E-state index in [0.717, 1.165) is 24.5 Å². The van der Waals surface area contributed by atoms with Gasteiger partial charge in [0.2, 0.25) is 0 Å². The lowest BCUT2D eigenvalue weighted by molar-refractivity contribution is 0.607. The first-order valence-corrected chi connectivity index (χ1v) is 8.22. The topological polar surface area (TPSA) is 67.1 Å². The zero-order valence-electron chi connectivity index (χ0n) is 14.7. The highest BCUT2D eigenvalue weighted by Gasteiger charge is 2.10. The Morgan fingerprint density at radius 3 is 2.83 bits per heavy atom. The summed E-state index contributed by atoms with van der Waals surface area (Å²) < 4.78 is 15.7. The molecule has 1 aromatic heterocycles. The third kappa shape index (κ3) is 4.53. The molecular formula is C17H25FN6. The van der Waals surface area contributed by atoms with Crippen LogP contribution in [-0.2, 0) is 13.1 Å². The third-order valence-corrected chi connectivity index (χ3v) is 3.81. The Morgan fingerprint density at radius 2 is 2.17 bits per heavy atom. The summed E-state index contributed by atoms with van der Waals surface area (Å²) in [7, 11) is 0. The van der Waals surface area contributed by atoms with Gasteiger partial charge in [0.05, 0.1) is 6.04 Å². The number of guanidine groups is 1. The minimum atomic E-state index is -0.195. The second-order valence-corrected chi connectivity index (χ2v) is 5.60. The van der Waals surface area contributed by atoms with Crippen molar-refractivity contribution in [3.05, 3.63) is 47.3 Å². The molecule has 0 amide bonds. The van der Waals surface area contributed by atoms with Crippen molar-refractivity contribution in [2.24, 2.45) is 4.99 Å². The lowest BCUT2D eigenvalue weighted by atomic mass is 10.1. The Balaban J connectivity index is 2.09. The number of nitrogens with zero attached hydrogens (tertiary/aromatic N) is 4. The molecule has 0 spiro atoms. The maximum absolute atomic E-state index is 13.8. The molecule has 0 aliphatic carbocycles. The summed E-state index contributed by atoms with van der Waals surface area (Å²) in [5.41, 5.74) is 1.52. The van der Waals surface area contributed by atoms with E-state index in [9.17, 15) is 4.39 Å². The number of hydrogen-bond donors (Lipinski definition) is 2. The molecule has 7 heteroatoms. The minimum Gasteiger partial charge on any atom is -0.357 e. The Hall–Kier alpha value is -2.44. The molecule has 0 saturated heterocycles. The third-order valence-electron chi connectivity index (χ3n) is 3.81. The van der Waals surface area contributed by atoms with Gasteiger partial charge in [-0.05, 0) is 44.9 Å². The number of rotatable bonds is 6. The summed E-state index contributed by atoms with van der Waals surface area (Å²) >= 11 is 0. The fraction of sp³-hybridized carbons (Fsp3) is 0.471. The summed E-state index contributed by atoms with van der Waals surface area (Å²) in [6.45, 7) is 9.74. The van der Waals surface area contributed by atoms with Crippen LogP contribution in [0.5, 0.6) is 0 Å². The zero-order chi connectivity index (χ0) is 17.5. The molecule has 2 rings (SSSR count). The van der Waals surface area contributed by atoms with E-state index in [1.54, 1.807) is 25.4 Å². The Morgan fingerprint density at radius 1 is 1.38 bits per heavy atom. The number of hydrogen-bond acceptors (Lipinski definition) is 3. The molecular weight excluding hydrogens is 307 g/mol. The molecule has 6 nitrogen and oxygen atoms in total. The van der Waals surface area contributed by atoms with E-state index < -0.39 is 0 Å². The number of halogens is 1. The van der Waals surface area contributed by atoms with E-state index in [-0.39, 0.29) is 11.9 Å². The molecule has 0 bridgehead atoms. The van der Waals surface area contributed by atoms with Gasteiger partial charge in [-0.3, -0.25) is 0 Å². The van der Waals surface area contributed by atoms with Crippen molar-refractivity contribution >= 4 is 5.96 Å². The Bertz CT molecular complexity index is 694. The zero-order valence-corrected chi connectivity index (χ0v) is 14.7. The normalized spacial score (nSPS) is 13.0. The van der Waals surface area contributed by atoms with Gasteiger partial charge >= 0.3 is 0 Å². The molecule has 0 aliphatic heterocycles. The van der Waals surface area contributed by atoms with Gasteiger partial charge in [-0.1, -0.05) is 12.1 Å². The second kappa shape index (κ2) is 8.42. The quantitative estimate of drug-likeness (QED) is 0.630. The smallest absolute Gasteiger partial charge is 0.192 e. The summed E-state index contributed by atoms with van der Waals surface area (Å²) in [5.74, 6) is 1.28. The van der Waals surface area contributed by atoms with Crippen molar-refractivity contribution in [2.45, 2.75) is 46.8 Å². The SMILES string of the molecule is CCNC(=NCc1nncn1CC)NC(C)c1ccc(C)c(F)c1. The number of aliphatic imine (C=N–C) groups is 1. The van der Waals surface area contributed by atoms with Crippen LogP contribution >= 0.6 is 0 Å². The number of aryl methyl sites for hydroxylation is 2. The molecule has 2 aromatic rings. The largest absolute Gasteiger partial charge is 0.357 e. The Kier molecular flexibility index (Phi) is 6.28. The molecule has 1 unspecified atom stereocenters. The van der Waals surface area contributed by atoms with E-state index in [4.69, 9.17) is 0 Å². The van der Waals surface area contributed by atoms with E-state index in [0.29, 0.717) is 18.1 Å². The van der Waals surface area contributed by atoms with Crippen LogP contribution < -0.4 is 10.6 Å². The highest BCUT2D eigenvalue weighted by molar-refractivity contribution is 5.80. The lowest BCUT2D eigenvalue weighted by Crippen LogP contribution is -2.38. The average molecular weight is 332 g/mol. The predicted molar refractivity (Wildman–Crippen MR) is 93.2 cm³/mol. The van der Waals surface area contributed by atoms with Crippen LogP contribution in [0.2, 0.25) is 0 Å². The first-order chi connectivity index (χ1) is 11.5. The predicted octanol–water partition coefficient (Wildman–Crippen LogP) is 2.56.